The van der Waals surface area contributed by atoms with Crippen LogP contribution in [0.2, 0.25) is 10.0 Å². The van der Waals surface area contributed by atoms with E-state index in [2.05, 4.69) is 9.97 Å². The lowest BCUT2D eigenvalue weighted by molar-refractivity contribution is 0.120. The summed E-state index contributed by atoms with van der Waals surface area (Å²) in [6.07, 6.45) is 4.22. The summed E-state index contributed by atoms with van der Waals surface area (Å²) >= 11 is 11.7. The van der Waals surface area contributed by atoms with Gasteiger partial charge in [0.1, 0.15) is 17.7 Å². The van der Waals surface area contributed by atoms with Crippen molar-refractivity contribution in [3.8, 4) is 0 Å². The summed E-state index contributed by atoms with van der Waals surface area (Å²) < 4.78 is 14.5. The molecule has 0 fully saturated rings. The smallest absolute Gasteiger partial charge is 0.146 e. The second-order valence-corrected chi connectivity index (χ2v) is 5.84. The fraction of sp³-hybridized carbons (Fsp3) is 0.0588. The van der Waals surface area contributed by atoms with Crippen molar-refractivity contribution in [2.24, 2.45) is 0 Å². The van der Waals surface area contributed by atoms with Crippen LogP contribution in [0.4, 0.5) is 4.39 Å². The monoisotopic (exact) mass is 348 g/mol. The second-order valence-electron chi connectivity index (χ2n) is 4.97. The van der Waals surface area contributed by atoms with Gasteiger partial charge in [-0.15, -0.1) is 0 Å². The zero-order valence-electron chi connectivity index (χ0n) is 11.7. The van der Waals surface area contributed by atoms with E-state index >= 15 is 0 Å². The molecule has 0 amide bonds. The first-order valence-electron chi connectivity index (χ1n) is 6.71. The van der Waals surface area contributed by atoms with Crippen molar-refractivity contribution >= 4 is 23.2 Å². The van der Waals surface area contributed by atoms with Gasteiger partial charge < -0.3 is 5.11 Å². The van der Waals surface area contributed by atoms with E-state index in [9.17, 15) is 9.50 Å². The zero-order valence-corrected chi connectivity index (χ0v) is 13.3. The van der Waals surface area contributed by atoms with Crippen molar-refractivity contribution in [3.05, 3.63) is 93.7 Å². The Morgan fingerprint density at radius 2 is 1.48 bits per heavy atom. The predicted molar refractivity (Wildman–Crippen MR) is 87.0 cm³/mol. The minimum Gasteiger partial charge on any atom is -0.376 e. The van der Waals surface area contributed by atoms with E-state index in [0.29, 0.717) is 16.1 Å². The number of aromatic nitrogens is 2. The lowest BCUT2D eigenvalue weighted by Gasteiger charge is -2.29. The van der Waals surface area contributed by atoms with Gasteiger partial charge in [0.15, 0.2) is 0 Å². The third-order valence-electron chi connectivity index (χ3n) is 3.56. The van der Waals surface area contributed by atoms with Crippen LogP contribution in [0, 0.1) is 5.82 Å². The topological polar surface area (TPSA) is 46.0 Å². The quantitative estimate of drug-likeness (QED) is 0.771. The van der Waals surface area contributed by atoms with Crippen LogP contribution in [0.1, 0.15) is 16.7 Å². The van der Waals surface area contributed by atoms with Crippen LogP contribution in [0.25, 0.3) is 0 Å². The Balaban J connectivity index is 2.28. The Kier molecular flexibility index (Phi) is 4.31. The normalized spacial score (nSPS) is 13.6. The van der Waals surface area contributed by atoms with Crippen LogP contribution < -0.4 is 0 Å². The van der Waals surface area contributed by atoms with Gasteiger partial charge in [0, 0.05) is 33.6 Å². The molecule has 116 valence electrons. The maximum Gasteiger partial charge on any atom is 0.146 e. The van der Waals surface area contributed by atoms with E-state index in [1.165, 1.54) is 30.9 Å². The number of halogens is 3. The lowest BCUT2D eigenvalue weighted by Crippen LogP contribution is -2.30. The first kappa shape index (κ1) is 15.9. The minimum atomic E-state index is -1.76. The van der Waals surface area contributed by atoms with E-state index in [0.717, 1.165) is 6.07 Å². The third-order valence-corrected chi connectivity index (χ3v) is 4.05. The molecule has 23 heavy (non-hydrogen) atoms. The Hall–Kier alpha value is -2.01. The van der Waals surface area contributed by atoms with Crippen molar-refractivity contribution in [2.75, 3.05) is 0 Å². The van der Waals surface area contributed by atoms with Crippen LogP contribution in [0.3, 0.4) is 0 Å². The molecule has 0 saturated heterocycles. The largest absolute Gasteiger partial charge is 0.376 e. The maximum atomic E-state index is 14.5. The summed E-state index contributed by atoms with van der Waals surface area (Å²) in [5, 5.41) is 12.1. The summed E-state index contributed by atoms with van der Waals surface area (Å²) in [5.41, 5.74) is -0.930. The first-order chi connectivity index (χ1) is 11.0. The minimum absolute atomic E-state index is 0.0547. The van der Waals surface area contributed by atoms with Crippen molar-refractivity contribution in [1.82, 2.24) is 9.97 Å². The van der Waals surface area contributed by atoms with E-state index in [-0.39, 0.29) is 10.6 Å². The molecule has 1 aromatic heterocycles. The van der Waals surface area contributed by atoms with Gasteiger partial charge in [-0.1, -0.05) is 41.4 Å². The molecular formula is C17H11Cl2FN2O. The number of hydrogen-bond donors (Lipinski definition) is 1. The van der Waals surface area contributed by atoms with Crippen molar-refractivity contribution in [1.29, 1.82) is 0 Å². The second kappa shape index (κ2) is 6.24. The van der Waals surface area contributed by atoms with E-state index in [1.807, 2.05) is 0 Å². The van der Waals surface area contributed by atoms with Gasteiger partial charge >= 0.3 is 0 Å². The molecule has 0 spiro atoms. The average Bonchev–Trinajstić information content (AvgIpc) is 2.55. The van der Waals surface area contributed by atoms with Crippen molar-refractivity contribution in [2.45, 2.75) is 5.60 Å². The molecule has 1 unspecified atom stereocenters. The summed E-state index contributed by atoms with van der Waals surface area (Å²) in [6.45, 7) is 0. The Labute approximate surface area is 142 Å². The van der Waals surface area contributed by atoms with Crippen LogP contribution >= 0.6 is 23.2 Å². The molecule has 1 atom stereocenters. The van der Waals surface area contributed by atoms with Gasteiger partial charge in [-0.3, -0.25) is 0 Å². The molecule has 2 aromatic carbocycles. The Bertz CT molecular complexity index is 828. The Morgan fingerprint density at radius 3 is 2.09 bits per heavy atom. The van der Waals surface area contributed by atoms with Gasteiger partial charge in [-0.2, -0.15) is 0 Å². The number of rotatable bonds is 3. The maximum absolute atomic E-state index is 14.5. The highest BCUT2D eigenvalue weighted by Gasteiger charge is 2.37. The highest BCUT2D eigenvalue weighted by atomic mass is 35.5. The summed E-state index contributed by atoms with van der Waals surface area (Å²) in [6, 6.07) is 10.6. The fourth-order valence-electron chi connectivity index (χ4n) is 2.44. The van der Waals surface area contributed by atoms with Gasteiger partial charge in [0.2, 0.25) is 0 Å². The Morgan fingerprint density at radius 1 is 0.870 bits per heavy atom. The molecule has 0 radical (unpaired) electrons. The number of aliphatic hydroxyl groups is 1. The molecule has 0 aliphatic heterocycles. The fourth-order valence-corrected chi connectivity index (χ4v) is 2.72. The van der Waals surface area contributed by atoms with Crippen LogP contribution in [-0.4, -0.2) is 15.1 Å². The molecule has 1 N–H and O–H groups in total. The number of benzene rings is 2. The highest BCUT2D eigenvalue weighted by Crippen LogP contribution is 2.38. The van der Waals surface area contributed by atoms with Crippen molar-refractivity contribution in [3.63, 3.8) is 0 Å². The molecule has 6 heteroatoms. The summed E-state index contributed by atoms with van der Waals surface area (Å²) in [5.74, 6) is -0.626. The molecule has 3 nitrogen and oxygen atoms in total. The van der Waals surface area contributed by atoms with Crippen LogP contribution in [-0.2, 0) is 5.60 Å². The molecule has 0 aliphatic carbocycles. The molecular weight excluding hydrogens is 338 g/mol. The van der Waals surface area contributed by atoms with Gasteiger partial charge in [-0.25, -0.2) is 14.4 Å². The first-order valence-corrected chi connectivity index (χ1v) is 7.47. The standard InChI is InChI=1S/C17H11Cl2FN2O/c18-13-3-1-11(2-4-13)17(23,12-8-21-10-22-9-12)15-6-5-14(19)7-16(15)20/h1-10,23H. The predicted octanol–water partition coefficient (Wildman–Crippen LogP) is 4.21. The number of nitrogens with zero attached hydrogens (tertiary/aromatic N) is 2. The van der Waals surface area contributed by atoms with Gasteiger partial charge in [-0.05, 0) is 29.8 Å². The number of hydrogen-bond acceptors (Lipinski definition) is 3. The lowest BCUT2D eigenvalue weighted by atomic mass is 9.81. The van der Waals surface area contributed by atoms with Crippen LogP contribution in [0.15, 0.2) is 61.2 Å². The van der Waals surface area contributed by atoms with Gasteiger partial charge in [0.05, 0.1) is 0 Å². The molecule has 1 heterocycles. The zero-order chi connectivity index (χ0) is 16.4. The molecule has 3 aromatic rings. The highest BCUT2D eigenvalue weighted by molar-refractivity contribution is 6.30. The summed E-state index contributed by atoms with van der Waals surface area (Å²) in [7, 11) is 0. The van der Waals surface area contributed by atoms with E-state index in [1.54, 1.807) is 24.3 Å². The van der Waals surface area contributed by atoms with E-state index in [4.69, 9.17) is 23.2 Å². The van der Waals surface area contributed by atoms with Crippen molar-refractivity contribution < 1.29 is 9.50 Å². The summed E-state index contributed by atoms with van der Waals surface area (Å²) in [4.78, 5) is 7.84. The van der Waals surface area contributed by atoms with E-state index < -0.39 is 11.4 Å². The van der Waals surface area contributed by atoms with Gasteiger partial charge in [0.25, 0.3) is 0 Å². The molecule has 0 saturated carbocycles. The molecule has 0 aliphatic rings. The third kappa shape index (κ3) is 2.93. The molecule has 0 bridgehead atoms. The SMILES string of the molecule is OC(c1ccc(Cl)cc1)(c1cncnc1)c1ccc(Cl)cc1F. The average molecular weight is 349 g/mol. The van der Waals surface area contributed by atoms with Crippen LogP contribution in [0.5, 0.6) is 0 Å². The molecule has 3 rings (SSSR count).